The molecule has 0 saturated heterocycles. The van der Waals surface area contributed by atoms with Crippen LogP contribution in [0.4, 0.5) is 5.69 Å². The number of aliphatic hydroxyl groups excluding tert-OH is 1. The minimum absolute atomic E-state index is 0.173. The zero-order valence-electron chi connectivity index (χ0n) is 16.0. The average molecular weight is 379 g/mol. The summed E-state index contributed by atoms with van der Waals surface area (Å²) in [6, 6.07) is 13.2. The van der Waals surface area contributed by atoms with Crippen LogP contribution in [-0.4, -0.2) is 34.5 Å². The molecule has 146 valence electrons. The van der Waals surface area contributed by atoms with Crippen molar-refractivity contribution in [2.75, 3.05) is 19.0 Å². The van der Waals surface area contributed by atoms with Crippen LogP contribution < -0.4 is 10.1 Å². The quantitative estimate of drug-likeness (QED) is 0.702. The number of rotatable bonds is 5. The molecular formula is C22H25N3O3. The summed E-state index contributed by atoms with van der Waals surface area (Å²) in [6.45, 7) is 0.273. The number of nitrogens with one attached hydrogen (secondary N) is 1. The van der Waals surface area contributed by atoms with E-state index in [1.807, 2.05) is 41.2 Å². The summed E-state index contributed by atoms with van der Waals surface area (Å²) >= 11 is 0. The number of hydrogen-bond donors (Lipinski definition) is 2. The van der Waals surface area contributed by atoms with Gasteiger partial charge in [-0.3, -0.25) is 9.48 Å². The molecular weight excluding hydrogens is 354 g/mol. The van der Waals surface area contributed by atoms with Crippen molar-refractivity contribution in [1.29, 1.82) is 0 Å². The van der Waals surface area contributed by atoms with E-state index in [2.05, 4.69) is 5.32 Å². The SMILES string of the molecule is COc1cc2nn(C3CCC(CO)CC3)cc2cc1NC(=O)c1ccccc1. The van der Waals surface area contributed by atoms with Crippen molar-refractivity contribution >= 4 is 22.5 Å². The Morgan fingerprint density at radius 2 is 1.96 bits per heavy atom. The van der Waals surface area contributed by atoms with Crippen molar-refractivity contribution in [2.45, 2.75) is 31.7 Å². The Morgan fingerprint density at radius 1 is 1.21 bits per heavy atom. The van der Waals surface area contributed by atoms with Crippen LogP contribution in [0.25, 0.3) is 10.9 Å². The van der Waals surface area contributed by atoms with Crippen LogP contribution in [0.2, 0.25) is 0 Å². The third-order valence-electron chi connectivity index (χ3n) is 5.58. The third-order valence-corrected chi connectivity index (χ3v) is 5.58. The molecule has 2 aromatic carbocycles. The Hall–Kier alpha value is -2.86. The van der Waals surface area contributed by atoms with Crippen LogP contribution in [0.3, 0.4) is 0 Å². The highest BCUT2D eigenvalue weighted by Gasteiger charge is 2.23. The Labute approximate surface area is 164 Å². The second-order valence-corrected chi connectivity index (χ2v) is 7.40. The van der Waals surface area contributed by atoms with E-state index >= 15 is 0 Å². The van der Waals surface area contributed by atoms with Gasteiger partial charge in [0.2, 0.25) is 0 Å². The molecule has 1 heterocycles. The molecule has 0 radical (unpaired) electrons. The zero-order chi connectivity index (χ0) is 19.5. The predicted molar refractivity (Wildman–Crippen MR) is 109 cm³/mol. The van der Waals surface area contributed by atoms with Crippen LogP contribution in [0, 0.1) is 5.92 Å². The number of nitrogens with zero attached hydrogens (tertiary/aromatic N) is 2. The lowest BCUT2D eigenvalue weighted by atomic mass is 9.87. The molecule has 3 aromatic rings. The largest absolute Gasteiger partial charge is 0.494 e. The van der Waals surface area contributed by atoms with Crippen LogP contribution in [-0.2, 0) is 0 Å². The van der Waals surface area contributed by atoms with Gasteiger partial charge in [0.05, 0.1) is 24.4 Å². The monoisotopic (exact) mass is 379 g/mol. The fourth-order valence-corrected chi connectivity index (χ4v) is 3.90. The maximum Gasteiger partial charge on any atom is 0.255 e. The lowest BCUT2D eigenvalue weighted by Crippen LogP contribution is -2.20. The second kappa shape index (κ2) is 8.02. The van der Waals surface area contributed by atoms with Crippen LogP contribution in [0.5, 0.6) is 5.75 Å². The normalized spacial score (nSPS) is 19.5. The topological polar surface area (TPSA) is 76.4 Å². The molecule has 1 aromatic heterocycles. The first kappa shape index (κ1) is 18.5. The number of methoxy groups -OCH3 is 1. The molecule has 28 heavy (non-hydrogen) atoms. The van der Waals surface area contributed by atoms with E-state index in [0.29, 0.717) is 29.0 Å². The van der Waals surface area contributed by atoms with Gasteiger partial charge >= 0.3 is 0 Å². The smallest absolute Gasteiger partial charge is 0.255 e. The number of benzene rings is 2. The Morgan fingerprint density at radius 3 is 2.64 bits per heavy atom. The van der Waals surface area contributed by atoms with E-state index in [0.717, 1.165) is 36.6 Å². The van der Waals surface area contributed by atoms with Crippen molar-refractivity contribution in [3.8, 4) is 5.75 Å². The minimum atomic E-state index is -0.173. The second-order valence-electron chi connectivity index (χ2n) is 7.40. The number of fused-ring (bicyclic) bond motifs is 1. The molecule has 1 saturated carbocycles. The minimum Gasteiger partial charge on any atom is -0.494 e. The number of aromatic nitrogens is 2. The molecule has 1 aliphatic rings. The molecule has 6 heteroatoms. The van der Waals surface area contributed by atoms with Crippen molar-refractivity contribution in [3.05, 3.63) is 54.2 Å². The maximum atomic E-state index is 12.5. The third kappa shape index (κ3) is 3.73. The highest BCUT2D eigenvalue weighted by Crippen LogP contribution is 2.34. The van der Waals surface area contributed by atoms with Crippen LogP contribution >= 0.6 is 0 Å². The fraction of sp³-hybridized carbons (Fsp3) is 0.364. The van der Waals surface area contributed by atoms with Crippen LogP contribution in [0.15, 0.2) is 48.7 Å². The molecule has 0 atom stereocenters. The van der Waals surface area contributed by atoms with Gasteiger partial charge < -0.3 is 15.2 Å². The van der Waals surface area contributed by atoms with Crippen molar-refractivity contribution < 1.29 is 14.6 Å². The predicted octanol–water partition coefficient (Wildman–Crippen LogP) is 4.02. The molecule has 4 rings (SSSR count). The first-order chi connectivity index (χ1) is 13.7. The summed E-state index contributed by atoms with van der Waals surface area (Å²) in [4.78, 5) is 12.5. The van der Waals surface area contributed by atoms with Gasteiger partial charge in [-0.2, -0.15) is 5.10 Å². The van der Waals surface area contributed by atoms with E-state index in [4.69, 9.17) is 9.84 Å². The highest BCUT2D eigenvalue weighted by molar-refractivity contribution is 6.06. The first-order valence-electron chi connectivity index (χ1n) is 9.72. The molecule has 1 amide bonds. The summed E-state index contributed by atoms with van der Waals surface area (Å²) in [5.41, 5.74) is 2.08. The maximum absolute atomic E-state index is 12.5. The number of hydrogen-bond acceptors (Lipinski definition) is 4. The Balaban J connectivity index is 1.59. The molecule has 0 spiro atoms. The summed E-state index contributed by atoms with van der Waals surface area (Å²) < 4.78 is 7.51. The summed E-state index contributed by atoms with van der Waals surface area (Å²) in [5, 5.41) is 18.0. The Bertz CT molecular complexity index is 960. The van der Waals surface area contributed by atoms with Crippen LogP contribution in [0.1, 0.15) is 42.1 Å². The molecule has 0 aliphatic heterocycles. The van der Waals surface area contributed by atoms with Gasteiger partial charge in [0, 0.05) is 29.8 Å². The zero-order valence-corrected chi connectivity index (χ0v) is 16.0. The highest BCUT2D eigenvalue weighted by atomic mass is 16.5. The summed E-state index contributed by atoms with van der Waals surface area (Å²) in [6.07, 6.45) is 6.14. The Kier molecular flexibility index (Phi) is 5.30. The standard InChI is InChI=1S/C22H25N3O3/c1-28-21-12-19-17(11-20(21)23-22(27)16-5-3-2-4-6-16)13-25(24-19)18-9-7-15(14-26)8-10-18/h2-6,11-13,15,18,26H,7-10,14H2,1H3,(H,23,27). The van der Waals surface area contributed by atoms with Gasteiger partial charge in [-0.15, -0.1) is 0 Å². The number of anilines is 1. The average Bonchev–Trinajstić information content (AvgIpc) is 3.16. The number of amides is 1. The number of carbonyl (C=O) groups is 1. The molecule has 6 nitrogen and oxygen atoms in total. The summed E-state index contributed by atoms with van der Waals surface area (Å²) in [7, 11) is 1.59. The van der Waals surface area contributed by atoms with E-state index in [1.54, 1.807) is 19.2 Å². The fourth-order valence-electron chi connectivity index (χ4n) is 3.90. The lowest BCUT2D eigenvalue weighted by Gasteiger charge is -2.27. The number of carbonyl (C=O) groups excluding carboxylic acids is 1. The number of aliphatic hydroxyl groups is 1. The number of ether oxygens (including phenoxy) is 1. The van der Waals surface area contributed by atoms with Crippen molar-refractivity contribution in [1.82, 2.24) is 9.78 Å². The van der Waals surface area contributed by atoms with E-state index in [-0.39, 0.29) is 12.5 Å². The molecule has 0 unspecified atom stereocenters. The lowest BCUT2D eigenvalue weighted by molar-refractivity contribution is 0.102. The molecule has 1 aliphatic carbocycles. The van der Waals surface area contributed by atoms with Crippen molar-refractivity contribution in [3.63, 3.8) is 0 Å². The summed E-state index contributed by atoms with van der Waals surface area (Å²) in [5.74, 6) is 0.833. The van der Waals surface area contributed by atoms with Gasteiger partial charge in [-0.05, 0) is 49.8 Å². The van der Waals surface area contributed by atoms with Gasteiger partial charge in [-0.25, -0.2) is 0 Å². The molecule has 2 N–H and O–H groups in total. The van der Waals surface area contributed by atoms with E-state index in [1.165, 1.54) is 0 Å². The van der Waals surface area contributed by atoms with E-state index in [9.17, 15) is 9.90 Å². The van der Waals surface area contributed by atoms with Crippen molar-refractivity contribution in [2.24, 2.45) is 5.92 Å². The van der Waals surface area contributed by atoms with Gasteiger partial charge in [-0.1, -0.05) is 18.2 Å². The molecule has 0 bridgehead atoms. The van der Waals surface area contributed by atoms with E-state index < -0.39 is 0 Å². The molecule has 1 fully saturated rings. The van der Waals surface area contributed by atoms with Gasteiger partial charge in [0.25, 0.3) is 5.91 Å². The first-order valence-corrected chi connectivity index (χ1v) is 9.72. The van der Waals surface area contributed by atoms with Gasteiger partial charge in [0.15, 0.2) is 0 Å². The van der Waals surface area contributed by atoms with Gasteiger partial charge in [0.1, 0.15) is 5.75 Å².